The first kappa shape index (κ1) is 16.6. The normalized spacial score (nSPS) is 10.4. The van der Waals surface area contributed by atoms with Crippen LogP contribution in [0.3, 0.4) is 0 Å². The first-order valence-electron chi connectivity index (χ1n) is 8.54. The minimum atomic E-state index is -0.573. The molecule has 0 unspecified atom stereocenters. The Morgan fingerprint density at radius 3 is 2.07 bits per heavy atom. The highest BCUT2D eigenvalue weighted by Crippen LogP contribution is 2.30. The molecule has 0 spiro atoms. The fourth-order valence-corrected chi connectivity index (χ4v) is 2.78. The molecule has 5 heteroatoms. The summed E-state index contributed by atoms with van der Waals surface area (Å²) in [5, 5.41) is 7.31. The van der Waals surface area contributed by atoms with Gasteiger partial charge < -0.3 is 4.74 Å². The number of carbonyl (C=O) groups excluding carboxylic acids is 1. The van der Waals surface area contributed by atoms with E-state index in [1.165, 1.54) is 0 Å². The summed E-state index contributed by atoms with van der Waals surface area (Å²) < 4.78 is 7.07. The van der Waals surface area contributed by atoms with Gasteiger partial charge in [0.25, 0.3) is 0 Å². The van der Waals surface area contributed by atoms with Crippen molar-refractivity contribution in [3.05, 3.63) is 97.2 Å². The summed E-state index contributed by atoms with van der Waals surface area (Å²) in [6, 6.07) is 28.4. The Kier molecular flexibility index (Phi) is 4.66. The molecule has 1 aromatic heterocycles. The molecule has 0 saturated carbocycles. The van der Waals surface area contributed by atoms with E-state index in [-0.39, 0.29) is 0 Å². The molecule has 4 aromatic rings. The van der Waals surface area contributed by atoms with Crippen LogP contribution in [0.4, 0.5) is 10.6 Å². The molecule has 0 saturated heterocycles. The molecule has 0 fully saturated rings. The van der Waals surface area contributed by atoms with Crippen molar-refractivity contribution in [2.75, 3.05) is 5.32 Å². The number of aromatic nitrogens is 2. The number of carbonyl (C=O) groups is 1. The van der Waals surface area contributed by atoms with Gasteiger partial charge in [-0.15, -0.1) is 0 Å². The van der Waals surface area contributed by atoms with E-state index in [1.54, 1.807) is 23.0 Å². The molecule has 0 radical (unpaired) electrons. The zero-order chi connectivity index (χ0) is 18.5. The van der Waals surface area contributed by atoms with Crippen LogP contribution >= 0.6 is 0 Å². The highest BCUT2D eigenvalue weighted by molar-refractivity contribution is 5.91. The van der Waals surface area contributed by atoms with Crippen LogP contribution in [-0.4, -0.2) is 15.9 Å². The van der Waals surface area contributed by atoms with E-state index in [2.05, 4.69) is 10.4 Å². The first-order chi connectivity index (χ1) is 13.3. The van der Waals surface area contributed by atoms with Crippen LogP contribution in [-0.2, 0) is 0 Å². The number of benzene rings is 3. The largest absolute Gasteiger partial charge is 0.418 e. The monoisotopic (exact) mass is 355 g/mol. The van der Waals surface area contributed by atoms with Gasteiger partial charge in [0, 0.05) is 5.56 Å². The van der Waals surface area contributed by atoms with Crippen molar-refractivity contribution >= 4 is 11.9 Å². The van der Waals surface area contributed by atoms with Gasteiger partial charge in [-0.3, -0.25) is 5.32 Å². The number of hydrogen-bond acceptors (Lipinski definition) is 3. The van der Waals surface area contributed by atoms with E-state index >= 15 is 0 Å². The van der Waals surface area contributed by atoms with E-state index in [4.69, 9.17) is 4.74 Å². The van der Waals surface area contributed by atoms with Gasteiger partial charge in [0.05, 0.1) is 11.9 Å². The SMILES string of the molecule is O=C(Nc1c(-c2ccccc2)cnn1-c1ccccc1)Oc1ccccc1. The number of nitrogens with one attached hydrogen (secondary N) is 1. The number of amides is 1. The molecule has 0 aliphatic heterocycles. The molecule has 27 heavy (non-hydrogen) atoms. The second-order valence-corrected chi connectivity index (χ2v) is 5.85. The average Bonchev–Trinajstić information content (AvgIpc) is 3.13. The lowest BCUT2D eigenvalue weighted by molar-refractivity contribution is 0.215. The lowest BCUT2D eigenvalue weighted by Gasteiger charge is -2.12. The summed E-state index contributed by atoms with van der Waals surface area (Å²) in [6.07, 6.45) is 1.16. The van der Waals surface area contributed by atoms with Crippen LogP contribution in [0, 0.1) is 0 Å². The van der Waals surface area contributed by atoms with Gasteiger partial charge in [0.15, 0.2) is 0 Å². The second kappa shape index (κ2) is 7.58. The van der Waals surface area contributed by atoms with Gasteiger partial charge >= 0.3 is 6.09 Å². The average molecular weight is 355 g/mol. The molecule has 3 aromatic carbocycles. The maximum Gasteiger partial charge on any atom is 0.418 e. The summed E-state index contributed by atoms with van der Waals surface area (Å²) >= 11 is 0. The number of hydrogen-bond donors (Lipinski definition) is 1. The number of para-hydroxylation sites is 2. The summed E-state index contributed by atoms with van der Waals surface area (Å²) in [4.78, 5) is 12.5. The fourth-order valence-electron chi connectivity index (χ4n) is 2.78. The Labute approximate surface area is 156 Å². The quantitative estimate of drug-likeness (QED) is 0.551. The Balaban J connectivity index is 1.70. The van der Waals surface area contributed by atoms with Gasteiger partial charge in [-0.25, -0.2) is 9.48 Å². The highest BCUT2D eigenvalue weighted by atomic mass is 16.6. The third-order valence-electron chi connectivity index (χ3n) is 4.03. The van der Waals surface area contributed by atoms with Crippen molar-refractivity contribution in [1.29, 1.82) is 0 Å². The van der Waals surface area contributed by atoms with E-state index in [9.17, 15) is 4.79 Å². The van der Waals surface area contributed by atoms with Crippen molar-refractivity contribution in [3.8, 4) is 22.6 Å². The Bertz CT molecular complexity index is 972. The number of nitrogens with zero attached hydrogens (tertiary/aromatic N) is 2. The molecule has 4 rings (SSSR count). The van der Waals surface area contributed by atoms with Crippen LogP contribution in [0.2, 0.25) is 0 Å². The van der Waals surface area contributed by atoms with Crippen molar-refractivity contribution in [2.24, 2.45) is 0 Å². The lowest BCUT2D eigenvalue weighted by atomic mass is 10.1. The maximum absolute atomic E-state index is 12.5. The summed E-state index contributed by atoms with van der Waals surface area (Å²) in [6.45, 7) is 0. The van der Waals surface area contributed by atoms with E-state index in [0.717, 1.165) is 16.8 Å². The van der Waals surface area contributed by atoms with Gasteiger partial charge in [-0.05, 0) is 29.8 Å². The molecule has 0 aliphatic rings. The first-order valence-corrected chi connectivity index (χ1v) is 8.54. The van der Waals surface area contributed by atoms with E-state index in [1.807, 2.05) is 78.9 Å². The fraction of sp³-hybridized carbons (Fsp3) is 0. The molecule has 132 valence electrons. The number of ether oxygens (including phenoxy) is 1. The Hall–Kier alpha value is -3.86. The minimum absolute atomic E-state index is 0.474. The van der Waals surface area contributed by atoms with Gasteiger partial charge in [0.2, 0.25) is 0 Å². The number of rotatable bonds is 4. The van der Waals surface area contributed by atoms with Crippen LogP contribution in [0.5, 0.6) is 5.75 Å². The van der Waals surface area contributed by atoms with Crippen molar-refractivity contribution < 1.29 is 9.53 Å². The summed E-state index contributed by atoms with van der Waals surface area (Å²) in [5.74, 6) is 1.02. The van der Waals surface area contributed by atoms with Gasteiger partial charge in [0.1, 0.15) is 11.6 Å². The smallest absolute Gasteiger partial charge is 0.410 e. The second-order valence-electron chi connectivity index (χ2n) is 5.85. The van der Waals surface area contributed by atoms with Crippen molar-refractivity contribution in [1.82, 2.24) is 9.78 Å². The molecule has 0 bridgehead atoms. The van der Waals surface area contributed by atoms with Crippen LogP contribution in [0.15, 0.2) is 97.2 Å². The van der Waals surface area contributed by atoms with Crippen molar-refractivity contribution in [2.45, 2.75) is 0 Å². The molecule has 0 aliphatic carbocycles. The topological polar surface area (TPSA) is 56.2 Å². The van der Waals surface area contributed by atoms with Crippen LogP contribution in [0.1, 0.15) is 0 Å². The standard InChI is InChI=1S/C22H17N3O2/c26-22(27-19-14-8-3-9-15-19)24-21-20(17-10-4-1-5-11-17)16-23-25(21)18-12-6-2-7-13-18/h1-16H,(H,24,26). The Morgan fingerprint density at radius 2 is 1.41 bits per heavy atom. The van der Waals surface area contributed by atoms with E-state index in [0.29, 0.717) is 11.6 Å². The molecular formula is C22H17N3O2. The molecule has 0 atom stereocenters. The van der Waals surface area contributed by atoms with E-state index < -0.39 is 6.09 Å². The molecule has 1 heterocycles. The van der Waals surface area contributed by atoms with Crippen LogP contribution in [0.25, 0.3) is 16.8 Å². The lowest BCUT2D eigenvalue weighted by Crippen LogP contribution is -2.19. The van der Waals surface area contributed by atoms with Gasteiger partial charge in [-0.1, -0.05) is 66.7 Å². The van der Waals surface area contributed by atoms with Crippen molar-refractivity contribution in [3.63, 3.8) is 0 Å². The predicted octanol–water partition coefficient (Wildman–Crippen LogP) is 5.15. The third-order valence-corrected chi connectivity index (χ3v) is 4.03. The zero-order valence-electron chi connectivity index (χ0n) is 14.4. The van der Waals surface area contributed by atoms with Crippen LogP contribution < -0.4 is 10.1 Å². The summed E-state index contributed by atoms with van der Waals surface area (Å²) in [5.41, 5.74) is 2.61. The Morgan fingerprint density at radius 1 is 0.815 bits per heavy atom. The highest BCUT2D eigenvalue weighted by Gasteiger charge is 2.17. The van der Waals surface area contributed by atoms with Gasteiger partial charge in [-0.2, -0.15) is 5.10 Å². The molecule has 1 amide bonds. The molecule has 1 N–H and O–H groups in total. The third kappa shape index (κ3) is 3.72. The summed E-state index contributed by atoms with van der Waals surface area (Å²) in [7, 11) is 0. The maximum atomic E-state index is 12.5. The predicted molar refractivity (Wildman–Crippen MR) is 105 cm³/mol. The minimum Gasteiger partial charge on any atom is -0.410 e. The molecule has 5 nitrogen and oxygen atoms in total. The zero-order valence-corrected chi connectivity index (χ0v) is 14.4. The number of anilines is 1. The molecular weight excluding hydrogens is 338 g/mol.